The van der Waals surface area contributed by atoms with E-state index < -0.39 is 0 Å². The maximum absolute atomic E-state index is 12.8. The molecule has 7 heteroatoms. The van der Waals surface area contributed by atoms with E-state index in [1.807, 2.05) is 43.0 Å². The van der Waals surface area contributed by atoms with Crippen LogP contribution in [0.15, 0.2) is 29.3 Å². The summed E-state index contributed by atoms with van der Waals surface area (Å²) in [6, 6.07) is 7.77. The highest BCUT2D eigenvalue weighted by Gasteiger charge is 2.29. The van der Waals surface area contributed by atoms with Gasteiger partial charge in [-0.1, -0.05) is 12.1 Å². The van der Waals surface area contributed by atoms with Gasteiger partial charge in [0.1, 0.15) is 0 Å². The fourth-order valence-electron chi connectivity index (χ4n) is 3.94. The molecule has 2 aliphatic heterocycles. The zero-order valence-electron chi connectivity index (χ0n) is 18.0. The monoisotopic (exact) mass is 402 g/mol. The fourth-order valence-corrected chi connectivity index (χ4v) is 3.94. The van der Waals surface area contributed by atoms with E-state index in [0.717, 1.165) is 37.5 Å². The number of rotatable bonds is 5. The normalized spacial score (nSPS) is 27.7. The summed E-state index contributed by atoms with van der Waals surface area (Å²) in [5, 5.41) is 6.67. The second kappa shape index (κ2) is 9.59. The SMILES string of the molecule is CN=C(NCc1ccc(C(=O)N2CC(C)OC(C)C2)cc1)NCC1(C)CCCO1. The Hall–Kier alpha value is -2.12. The molecule has 0 bridgehead atoms. The molecule has 1 amide bonds. The molecule has 0 radical (unpaired) electrons. The van der Waals surface area contributed by atoms with E-state index in [2.05, 4.69) is 22.5 Å². The number of amides is 1. The molecule has 2 aliphatic rings. The van der Waals surface area contributed by atoms with Gasteiger partial charge in [0.15, 0.2) is 5.96 Å². The third-order valence-electron chi connectivity index (χ3n) is 5.52. The maximum atomic E-state index is 12.8. The van der Waals surface area contributed by atoms with E-state index in [1.165, 1.54) is 0 Å². The van der Waals surface area contributed by atoms with Crippen LogP contribution in [0.2, 0.25) is 0 Å². The number of benzene rings is 1. The molecular formula is C22H34N4O3. The Bertz CT molecular complexity index is 703. The van der Waals surface area contributed by atoms with Gasteiger partial charge in [-0.25, -0.2) is 0 Å². The van der Waals surface area contributed by atoms with Gasteiger partial charge in [0.2, 0.25) is 0 Å². The van der Waals surface area contributed by atoms with E-state index in [9.17, 15) is 4.79 Å². The van der Waals surface area contributed by atoms with Gasteiger partial charge in [-0.3, -0.25) is 9.79 Å². The quantitative estimate of drug-likeness (QED) is 0.583. The van der Waals surface area contributed by atoms with E-state index in [1.54, 1.807) is 7.05 Å². The Kier molecular flexibility index (Phi) is 7.14. The molecule has 2 heterocycles. The van der Waals surface area contributed by atoms with Crippen molar-refractivity contribution in [1.29, 1.82) is 0 Å². The number of nitrogens with zero attached hydrogens (tertiary/aromatic N) is 2. The highest BCUT2D eigenvalue weighted by atomic mass is 16.5. The van der Waals surface area contributed by atoms with Gasteiger partial charge < -0.3 is 25.0 Å². The van der Waals surface area contributed by atoms with Crippen LogP contribution < -0.4 is 10.6 Å². The smallest absolute Gasteiger partial charge is 0.254 e. The number of ether oxygens (including phenoxy) is 2. The van der Waals surface area contributed by atoms with E-state index in [0.29, 0.717) is 25.2 Å². The summed E-state index contributed by atoms with van der Waals surface area (Å²) >= 11 is 0. The third-order valence-corrected chi connectivity index (χ3v) is 5.52. The molecule has 0 aromatic heterocycles. The molecule has 3 unspecified atom stereocenters. The van der Waals surface area contributed by atoms with Crippen molar-refractivity contribution in [3.8, 4) is 0 Å². The van der Waals surface area contributed by atoms with Crippen LogP contribution in [0.1, 0.15) is 49.5 Å². The number of hydrogen-bond acceptors (Lipinski definition) is 4. The van der Waals surface area contributed by atoms with Crippen molar-refractivity contribution in [3.05, 3.63) is 35.4 Å². The molecule has 1 aromatic rings. The molecule has 29 heavy (non-hydrogen) atoms. The zero-order valence-corrected chi connectivity index (χ0v) is 18.0. The Morgan fingerprint density at radius 2 is 1.90 bits per heavy atom. The van der Waals surface area contributed by atoms with Gasteiger partial charge in [-0.05, 0) is 51.3 Å². The topological polar surface area (TPSA) is 75.2 Å². The number of carbonyl (C=O) groups is 1. The third kappa shape index (κ3) is 5.93. The Morgan fingerprint density at radius 1 is 1.21 bits per heavy atom. The maximum Gasteiger partial charge on any atom is 0.254 e. The molecule has 0 aliphatic carbocycles. The summed E-state index contributed by atoms with van der Waals surface area (Å²) in [5.41, 5.74) is 1.69. The van der Waals surface area contributed by atoms with Gasteiger partial charge in [-0.15, -0.1) is 0 Å². The summed E-state index contributed by atoms with van der Waals surface area (Å²) < 4.78 is 11.5. The molecule has 160 valence electrons. The van der Waals surface area contributed by atoms with Crippen molar-refractivity contribution in [2.45, 2.75) is 58.0 Å². The first-order valence-electron chi connectivity index (χ1n) is 10.5. The minimum Gasteiger partial charge on any atom is -0.373 e. The fraction of sp³-hybridized carbons (Fsp3) is 0.636. The number of carbonyl (C=O) groups excluding carboxylic acids is 1. The van der Waals surface area contributed by atoms with Crippen LogP contribution in [0.3, 0.4) is 0 Å². The molecule has 0 spiro atoms. The number of nitrogens with one attached hydrogen (secondary N) is 2. The lowest BCUT2D eigenvalue weighted by Crippen LogP contribution is -2.48. The van der Waals surface area contributed by atoms with E-state index >= 15 is 0 Å². The first-order chi connectivity index (χ1) is 13.9. The second-order valence-electron chi connectivity index (χ2n) is 8.35. The summed E-state index contributed by atoms with van der Waals surface area (Å²) in [7, 11) is 1.76. The Morgan fingerprint density at radius 3 is 2.48 bits per heavy atom. The van der Waals surface area contributed by atoms with Gasteiger partial charge in [0.25, 0.3) is 5.91 Å². The van der Waals surface area contributed by atoms with Crippen molar-refractivity contribution in [2.24, 2.45) is 4.99 Å². The number of guanidine groups is 1. The molecule has 2 saturated heterocycles. The van der Waals surface area contributed by atoms with Crippen molar-refractivity contribution >= 4 is 11.9 Å². The van der Waals surface area contributed by atoms with Crippen LogP contribution in [-0.2, 0) is 16.0 Å². The van der Waals surface area contributed by atoms with Crippen LogP contribution >= 0.6 is 0 Å². The van der Waals surface area contributed by atoms with Gasteiger partial charge in [0.05, 0.1) is 17.8 Å². The summed E-state index contributed by atoms with van der Waals surface area (Å²) in [6.45, 7) is 9.61. The molecule has 0 saturated carbocycles. The number of morpholine rings is 1. The first-order valence-corrected chi connectivity index (χ1v) is 10.5. The standard InChI is InChI=1S/C22H34N4O3/c1-16-13-26(14-17(2)29-16)20(27)19-8-6-18(7-9-19)12-24-21(23-4)25-15-22(3)10-5-11-28-22/h6-9,16-17H,5,10-15H2,1-4H3,(H2,23,24,25). The predicted octanol–water partition coefficient (Wildman–Crippen LogP) is 2.17. The van der Waals surface area contributed by atoms with Crippen molar-refractivity contribution < 1.29 is 14.3 Å². The molecule has 2 N–H and O–H groups in total. The van der Waals surface area contributed by atoms with Gasteiger partial charge in [-0.2, -0.15) is 0 Å². The summed E-state index contributed by atoms with van der Waals surface area (Å²) in [6.07, 6.45) is 2.31. The lowest BCUT2D eigenvalue weighted by Gasteiger charge is -2.35. The van der Waals surface area contributed by atoms with Crippen LogP contribution in [-0.4, -0.2) is 67.9 Å². The van der Waals surface area contributed by atoms with Crippen molar-refractivity contribution in [3.63, 3.8) is 0 Å². The average Bonchev–Trinajstić information content (AvgIpc) is 3.14. The predicted molar refractivity (Wildman–Crippen MR) is 114 cm³/mol. The Balaban J connectivity index is 1.50. The molecule has 2 fully saturated rings. The molecule has 7 nitrogen and oxygen atoms in total. The largest absolute Gasteiger partial charge is 0.373 e. The van der Waals surface area contributed by atoms with E-state index in [-0.39, 0.29) is 23.7 Å². The van der Waals surface area contributed by atoms with Crippen LogP contribution in [0.25, 0.3) is 0 Å². The minimum atomic E-state index is -0.117. The molecule has 3 rings (SSSR count). The van der Waals surface area contributed by atoms with E-state index in [4.69, 9.17) is 9.47 Å². The summed E-state index contributed by atoms with van der Waals surface area (Å²) in [4.78, 5) is 18.9. The number of aliphatic imine (C=N–C) groups is 1. The highest BCUT2D eigenvalue weighted by molar-refractivity contribution is 5.94. The minimum absolute atomic E-state index is 0.0637. The molecule has 1 aromatic carbocycles. The van der Waals surface area contributed by atoms with Crippen LogP contribution in [0.4, 0.5) is 0 Å². The summed E-state index contributed by atoms with van der Waals surface area (Å²) in [5.74, 6) is 0.812. The van der Waals surface area contributed by atoms with Crippen LogP contribution in [0, 0.1) is 0 Å². The first kappa shape index (κ1) is 21.6. The second-order valence-corrected chi connectivity index (χ2v) is 8.35. The van der Waals surface area contributed by atoms with Gasteiger partial charge >= 0.3 is 0 Å². The van der Waals surface area contributed by atoms with Gasteiger partial charge in [0, 0.05) is 45.4 Å². The Labute approximate surface area is 173 Å². The number of hydrogen-bond donors (Lipinski definition) is 2. The highest BCUT2D eigenvalue weighted by Crippen LogP contribution is 2.23. The van der Waals surface area contributed by atoms with Crippen molar-refractivity contribution in [1.82, 2.24) is 15.5 Å². The lowest BCUT2D eigenvalue weighted by molar-refractivity contribution is -0.0586. The zero-order chi connectivity index (χ0) is 20.9. The average molecular weight is 403 g/mol. The lowest BCUT2D eigenvalue weighted by atomic mass is 10.0. The molecule has 3 atom stereocenters. The van der Waals surface area contributed by atoms with Crippen LogP contribution in [0.5, 0.6) is 0 Å². The van der Waals surface area contributed by atoms with Crippen molar-refractivity contribution in [2.75, 3.05) is 33.3 Å². The molecular weight excluding hydrogens is 368 g/mol.